The lowest BCUT2D eigenvalue weighted by Crippen LogP contribution is -2.57. The summed E-state index contributed by atoms with van der Waals surface area (Å²) in [5, 5.41) is 14.3. The lowest BCUT2D eigenvalue weighted by Gasteiger charge is -2.32. The van der Waals surface area contributed by atoms with E-state index in [4.69, 9.17) is 0 Å². The predicted octanol–water partition coefficient (Wildman–Crippen LogP) is 3.81. The second kappa shape index (κ2) is 7.74. The van der Waals surface area contributed by atoms with E-state index in [1.54, 1.807) is 30.3 Å². The standard InChI is InChI=1S/C19H17F3N2O2S/c20-19(21,22)18(26)11-16(15-9-5-2-6-10-15)23-24(18)17(25)13-27-12-14-7-3-1-4-8-14/h1-10,26H,11-13H2/t18-/m1/s1. The van der Waals surface area contributed by atoms with Gasteiger partial charge in [-0.25, -0.2) is 0 Å². The molecule has 0 unspecified atom stereocenters. The molecular weight excluding hydrogens is 377 g/mol. The maximum atomic E-state index is 13.5. The highest BCUT2D eigenvalue weighted by Gasteiger charge is 2.63. The van der Waals surface area contributed by atoms with E-state index in [9.17, 15) is 23.1 Å². The number of halogens is 3. The number of amides is 1. The van der Waals surface area contributed by atoms with Gasteiger partial charge in [0, 0.05) is 5.75 Å². The molecule has 1 N–H and O–H groups in total. The molecule has 1 heterocycles. The van der Waals surface area contributed by atoms with Gasteiger partial charge >= 0.3 is 6.18 Å². The van der Waals surface area contributed by atoms with Crippen molar-refractivity contribution < 1.29 is 23.1 Å². The molecule has 1 amide bonds. The van der Waals surface area contributed by atoms with E-state index >= 15 is 0 Å². The molecule has 27 heavy (non-hydrogen) atoms. The van der Waals surface area contributed by atoms with Gasteiger partial charge in [0.05, 0.1) is 17.9 Å². The van der Waals surface area contributed by atoms with Crippen LogP contribution < -0.4 is 0 Å². The Hall–Kier alpha value is -2.32. The Morgan fingerprint density at radius 3 is 2.30 bits per heavy atom. The molecule has 0 saturated carbocycles. The monoisotopic (exact) mass is 394 g/mol. The number of alkyl halides is 3. The van der Waals surface area contributed by atoms with Gasteiger partial charge in [0.15, 0.2) is 0 Å². The molecule has 1 atom stereocenters. The van der Waals surface area contributed by atoms with E-state index in [-0.39, 0.29) is 16.5 Å². The SMILES string of the molecule is O=C(CSCc1ccccc1)N1N=C(c2ccccc2)C[C@@]1(O)C(F)(F)F. The Kier molecular flexibility index (Phi) is 5.57. The number of nitrogens with zero attached hydrogens (tertiary/aromatic N) is 2. The van der Waals surface area contributed by atoms with Crippen LogP contribution >= 0.6 is 11.8 Å². The molecule has 2 aromatic carbocycles. The van der Waals surface area contributed by atoms with Gasteiger partial charge in [0.1, 0.15) is 0 Å². The molecule has 2 aromatic rings. The molecule has 0 fully saturated rings. The summed E-state index contributed by atoms with van der Waals surface area (Å²) in [5.74, 6) is -0.638. The Balaban J connectivity index is 1.76. The highest BCUT2D eigenvalue weighted by molar-refractivity contribution is 7.99. The smallest absolute Gasteiger partial charge is 0.362 e. The van der Waals surface area contributed by atoms with E-state index in [1.165, 1.54) is 11.8 Å². The number of rotatable bonds is 5. The first-order chi connectivity index (χ1) is 12.8. The molecule has 4 nitrogen and oxygen atoms in total. The second-order valence-electron chi connectivity index (χ2n) is 6.09. The lowest BCUT2D eigenvalue weighted by molar-refractivity contribution is -0.301. The zero-order chi connectivity index (χ0) is 19.5. The van der Waals surface area contributed by atoms with E-state index in [0.29, 0.717) is 11.3 Å². The van der Waals surface area contributed by atoms with Crippen LogP contribution in [0.5, 0.6) is 0 Å². The molecule has 142 valence electrons. The fourth-order valence-corrected chi connectivity index (χ4v) is 3.54. The fourth-order valence-electron chi connectivity index (χ4n) is 2.71. The van der Waals surface area contributed by atoms with E-state index in [0.717, 1.165) is 5.56 Å². The molecule has 0 saturated heterocycles. The van der Waals surface area contributed by atoms with Gasteiger partial charge < -0.3 is 5.11 Å². The summed E-state index contributed by atoms with van der Waals surface area (Å²) in [6.45, 7) is 0. The molecule has 0 spiro atoms. The number of hydrogen-bond acceptors (Lipinski definition) is 4. The first-order valence-electron chi connectivity index (χ1n) is 8.18. The third-order valence-electron chi connectivity index (χ3n) is 4.12. The average molecular weight is 394 g/mol. The number of hydrazone groups is 1. The maximum Gasteiger partial charge on any atom is 0.438 e. The first kappa shape index (κ1) is 19.4. The molecule has 0 aliphatic carbocycles. The molecule has 0 bridgehead atoms. The number of carbonyl (C=O) groups is 1. The van der Waals surface area contributed by atoms with Crippen molar-refractivity contribution in [3.8, 4) is 0 Å². The van der Waals surface area contributed by atoms with Gasteiger partial charge in [-0.15, -0.1) is 11.8 Å². The average Bonchev–Trinajstić information content (AvgIpc) is 3.02. The molecule has 8 heteroatoms. The number of thioether (sulfide) groups is 1. The van der Waals surface area contributed by atoms with Gasteiger partial charge in [-0.05, 0) is 11.1 Å². The van der Waals surface area contributed by atoms with Crippen molar-refractivity contribution in [3.63, 3.8) is 0 Å². The maximum absolute atomic E-state index is 13.5. The Morgan fingerprint density at radius 1 is 1.11 bits per heavy atom. The highest BCUT2D eigenvalue weighted by atomic mass is 32.2. The van der Waals surface area contributed by atoms with Crippen LogP contribution in [0.4, 0.5) is 13.2 Å². The summed E-state index contributed by atoms with van der Waals surface area (Å²) >= 11 is 1.17. The summed E-state index contributed by atoms with van der Waals surface area (Å²) < 4.78 is 40.5. The topological polar surface area (TPSA) is 52.9 Å². The largest absolute Gasteiger partial charge is 0.438 e. The summed E-state index contributed by atoms with van der Waals surface area (Å²) in [5.41, 5.74) is -1.91. The Bertz CT molecular complexity index is 828. The van der Waals surface area contributed by atoms with Crippen LogP contribution in [0, 0.1) is 0 Å². The van der Waals surface area contributed by atoms with Crippen molar-refractivity contribution in [3.05, 3.63) is 71.8 Å². The minimum Gasteiger partial charge on any atom is -0.362 e. The van der Waals surface area contributed by atoms with Gasteiger partial charge in [0.25, 0.3) is 11.6 Å². The van der Waals surface area contributed by atoms with Crippen LogP contribution in [0.15, 0.2) is 65.8 Å². The van der Waals surface area contributed by atoms with Crippen molar-refractivity contribution in [2.24, 2.45) is 5.10 Å². The minimum atomic E-state index is -5.02. The minimum absolute atomic E-state index is 0.0248. The van der Waals surface area contributed by atoms with Crippen LogP contribution in [0.25, 0.3) is 0 Å². The van der Waals surface area contributed by atoms with Crippen molar-refractivity contribution in [1.29, 1.82) is 0 Å². The highest BCUT2D eigenvalue weighted by Crippen LogP contribution is 2.41. The molecule has 0 radical (unpaired) electrons. The van der Waals surface area contributed by atoms with Gasteiger partial charge in [-0.3, -0.25) is 4.79 Å². The van der Waals surface area contributed by atoms with Crippen LogP contribution in [0.1, 0.15) is 17.5 Å². The van der Waals surface area contributed by atoms with Gasteiger partial charge in [0.2, 0.25) is 0 Å². The molecule has 1 aliphatic rings. The van der Waals surface area contributed by atoms with Gasteiger partial charge in [-0.2, -0.15) is 23.3 Å². The predicted molar refractivity (Wildman–Crippen MR) is 98.1 cm³/mol. The summed E-state index contributed by atoms with van der Waals surface area (Å²) in [4.78, 5) is 12.4. The zero-order valence-corrected chi connectivity index (χ0v) is 15.0. The number of hydrogen-bond donors (Lipinski definition) is 1. The van der Waals surface area contributed by atoms with Crippen molar-refractivity contribution in [2.45, 2.75) is 24.1 Å². The quantitative estimate of drug-likeness (QED) is 0.839. The number of carbonyl (C=O) groups excluding carboxylic acids is 1. The normalized spacial score (nSPS) is 19.9. The van der Waals surface area contributed by atoms with Crippen molar-refractivity contribution >= 4 is 23.4 Å². The van der Waals surface area contributed by atoms with Crippen LogP contribution in [0.2, 0.25) is 0 Å². The molecule has 1 aliphatic heterocycles. The molecule has 3 rings (SSSR count). The number of benzene rings is 2. The summed E-state index contributed by atoms with van der Waals surface area (Å²) in [6, 6.07) is 17.5. The second-order valence-corrected chi connectivity index (χ2v) is 7.07. The van der Waals surface area contributed by atoms with E-state index < -0.39 is 24.2 Å². The lowest BCUT2D eigenvalue weighted by atomic mass is 10.0. The third kappa shape index (κ3) is 4.17. The third-order valence-corrected chi connectivity index (χ3v) is 5.11. The fraction of sp³-hybridized carbons (Fsp3) is 0.263. The first-order valence-corrected chi connectivity index (χ1v) is 9.33. The van der Waals surface area contributed by atoms with Crippen molar-refractivity contribution in [1.82, 2.24) is 5.01 Å². The van der Waals surface area contributed by atoms with E-state index in [1.807, 2.05) is 30.3 Å². The van der Waals surface area contributed by atoms with Gasteiger partial charge in [-0.1, -0.05) is 60.7 Å². The number of aliphatic hydroxyl groups is 1. The van der Waals surface area contributed by atoms with Crippen LogP contribution in [-0.4, -0.2) is 39.4 Å². The van der Waals surface area contributed by atoms with Crippen LogP contribution in [0.3, 0.4) is 0 Å². The molecular formula is C19H17F3N2O2S. The Morgan fingerprint density at radius 2 is 1.70 bits per heavy atom. The summed E-state index contributed by atoms with van der Waals surface area (Å²) in [7, 11) is 0. The summed E-state index contributed by atoms with van der Waals surface area (Å²) in [6.07, 6.45) is -5.82. The van der Waals surface area contributed by atoms with Crippen molar-refractivity contribution in [2.75, 3.05) is 5.75 Å². The van der Waals surface area contributed by atoms with Crippen LogP contribution in [-0.2, 0) is 10.5 Å². The molecule has 0 aromatic heterocycles. The Labute approximate surface area is 158 Å². The van der Waals surface area contributed by atoms with E-state index in [2.05, 4.69) is 5.10 Å². The zero-order valence-electron chi connectivity index (χ0n) is 14.2.